The van der Waals surface area contributed by atoms with Crippen molar-refractivity contribution < 1.29 is 18.7 Å². The van der Waals surface area contributed by atoms with Crippen LogP contribution in [0, 0.1) is 11.7 Å². The van der Waals surface area contributed by atoms with Gasteiger partial charge in [0.05, 0.1) is 18.2 Å². The second-order valence-electron chi connectivity index (χ2n) is 7.06. The number of amides is 1. The molecule has 1 aliphatic heterocycles. The van der Waals surface area contributed by atoms with Crippen LogP contribution < -0.4 is 0 Å². The summed E-state index contributed by atoms with van der Waals surface area (Å²) in [5.41, 5.74) is 2.34. The van der Waals surface area contributed by atoms with Crippen molar-refractivity contribution in [3.63, 3.8) is 0 Å². The van der Waals surface area contributed by atoms with Gasteiger partial charge in [-0.25, -0.2) is 9.37 Å². The number of hydrogen-bond acceptors (Lipinski definition) is 4. The molecule has 0 bridgehead atoms. The topological polar surface area (TPSA) is 63.9 Å². The Hall–Kier alpha value is -3.22. The van der Waals surface area contributed by atoms with Crippen LogP contribution in [0.3, 0.4) is 0 Å². The molecule has 29 heavy (non-hydrogen) atoms. The maximum Gasteiger partial charge on any atom is 0.309 e. The molecule has 0 radical (unpaired) electrons. The molecule has 0 N–H and O–H groups in total. The van der Waals surface area contributed by atoms with Crippen molar-refractivity contribution in [3.8, 4) is 11.3 Å². The predicted octanol–water partition coefficient (Wildman–Crippen LogP) is 3.56. The minimum absolute atomic E-state index is 0.170. The summed E-state index contributed by atoms with van der Waals surface area (Å²) in [6.45, 7) is 3.09. The molecule has 1 aliphatic rings. The van der Waals surface area contributed by atoms with E-state index in [4.69, 9.17) is 4.74 Å². The molecular formula is C22H22FN3O3. The molecule has 3 heterocycles. The molecule has 4 rings (SSSR count). The second-order valence-corrected chi connectivity index (χ2v) is 7.06. The number of carbonyl (C=O) groups excluding carboxylic acids is 2. The summed E-state index contributed by atoms with van der Waals surface area (Å²) in [5, 5.41) is 0. The lowest BCUT2D eigenvalue weighted by Crippen LogP contribution is -2.41. The van der Waals surface area contributed by atoms with Crippen molar-refractivity contribution in [3.05, 3.63) is 60.2 Å². The van der Waals surface area contributed by atoms with Crippen LogP contribution in [0.15, 0.2) is 48.7 Å². The first-order valence-corrected chi connectivity index (χ1v) is 9.77. The van der Waals surface area contributed by atoms with Gasteiger partial charge in [0.2, 0.25) is 0 Å². The minimum Gasteiger partial charge on any atom is -0.466 e. The molecule has 2 aromatic heterocycles. The van der Waals surface area contributed by atoms with Crippen molar-refractivity contribution in [2.24, 2.45) is 5.92 Å². The third-order valence-electron chi connectivity index (χ3n) is 5.25. The van der Waals surface area contributed by atoms with Gasteiger partial charge in [-0.2, -0.15) is 0 Å². The first-order chi connectivity index (χ1) is 14.1. The third-order valence-corrected chi connectivity index (χ3v) is 5.25. The van der Waals surface area contributed by atoms with E-state index in [0.717, 1.165) is 5.56 Å². The van der Waals surface area contributed by atoms with Crippen LogP contribution >= 0.6 is 0 Å². The number of imidazole rings is 1. The zero-order valence-corrected chi connectivity index (χ0v) is 16.2. The molecule has 1 saturated heterocycles. The Bertz CT molecular complexity index is 1040. The van der Waals surface area contributed by atoms with Crippen molar-refractivity contribution in [1.29, 1.82) is 0 Å². The number of nitrogens with zero attached hydrogens (tertiary/aromatic N) is 3. The maximum atomic E-state index is 13.4. The van der Waals surface area contributed by atoms with Gasteiger partial charge in [-0.05, 0) is 56.2 Å². The van der Waals surface area contributed by atoms with E-state index in [1.165, 1.54) is 12.1 Å². The van der Waals surface area contributed by atoms with Crippen LogP contribution in [0.5, 0.6) is 0 Å². The highest BCUT2D eigenvalue weighted by Crippen LogP contribution is 2.28. The summed E-state index contributed by atoms with van der Waals surface area (Å²) in [6, 6.07) is 11.6. The quantitative estimate of drug-likeness (QED) is 0.634. The SMILES string of the molecule is CCOC(=O)C1CCN(C(=O)c2nc3ccccn3c2-c2ccc(F)cc2)CC1. The first-order valence-electron chi connectivity index (χ1n) is 9.77. The number of piperidine rings is 1. The maximum absolute atomic E-state index is 13.4. The number of likely N-dealkylation sites (tertiary alicyclic amines) is 1. The average Bonchev–Trinajstić information content (AvgIpc) is 3.14. The highest BCUT2D eigenvalue weighted by molar-refractivity contribution is 5.99. The van der Waals surface area contributed by atoms with Gasteiger partial charge in [0.15, 0.2) is 5.69 Å². The molecule has 0 atom stereocenters. The number of carbonyl (C=O) groups is 2. The zero-order chi connectivity index (χ0) is 20.4. The standard InChI is InChI=1S/C22H22FN3O3/c1-2-29-22(28)16-10-13-25(14-11-16)21(27)19-20(15-6-8-17(23)9-7-15)26-12-4-3-5-18(26)24-19/h3-9,12,16H,2,10-11,13-14H2,1H3. The van der Waals surface area contributed by atoms with Crippen LogP contribution in [-0.2, 0) is 9.53 Å². The fourth-order valence-corrected chi connectivity index (χ4v) is 3.76. The zero-order valence-electron chi connectivity index (χ0n) is 16.2. The summed E-state index contributed by atoms with van der Waals surface area (Å²) in [6.07, 6.45) is 2.98. The Labute approximate surface area is 167 Å². The molecule has 3 aromatic rings. The largest absolute Gasteiger partial charge is 0.466 e. The normalized spacial score (nSPS) is 14.9. The molecule has 150 valence electrons. The van der Waals surface area contributed by atoms with Gasteiger partial charge in [0.1, 0.15) is 11.5 Å². The number of rotatable bonds is 4. The van der Waals surface area contributed by atoms with Crippen molar-refractivity contribution in [2.75, 3.05) is 19.7 Å². The number of halogens is 1. The molecule has 1 aromatic carbocycles. The van der Waals surface area contributed by atoms with Crippen molar-refractivity contribution >= 4 is 17.5 Å². The number of esters is 1. The highest BCUT2D eigenvalue weighted by atomic mass is 19.1. The summed E-state index contributed by atoms with van der Waals surface area (Å²) >= 11 is 0. The lowest BCUT2D eigenvalue weighted by molar-refractivity contribution is -0.149. The Morgan fingerprint density at radius 1 is 1.14 bits per heavy atom. The molecule has 1 fully saturated rings. The Kier molecular flexibility index (Phi) is 5.29. The van der Waals surface area contributed by atoms with Gasteiger partial charge in [-0.15, -0.1) is 0 Å². The molecule has 7 heteroatoms. The smallest absolute Gasteiger partial charge is 0.309 e. The number of aromatic nitrogens is 2. The van der Waals surface area contributed by atoms with Crippen LogP contribution in [0.4, 0.5) is 4.39 Å². The lowest BCUT2D eigenvalue weighted by atomic mass is 9.96. The Balaban J connectivity index is 1.64. The Morgan fingerprint density at radius 3 is 2.55 bits per heavy atom. The molecule has 0 unspecified atom stereocenters. The van der Waals surface area contributed by atoms with E-state index >= 15 is 0 Å². The number of benzene rings is 1. The first kappa shape index (κ1) is 19.1. The number of ether oxygens (including phenoxy) is 1. The van der Waals surface area contributed by atoms with Gasteiger partial charge < -0.3 is 9.64 Å². The molecule has 0 spiro atoms. The summed E-state index contributed by atoms with van der Waals surface area (Å²) in [4.78, 5) is 31.5. The van der Waals surface area contributed by atoms with Crippen molar-refractivity contribution in [2.45, 2.75) is 19.8 Å². The van der Waals surface area contributed by atoms with Gasteiger partial charge in [-0.3, -0.25) is 14.0 Å². The fraction of sp³-hybridized carbons (Fsp3) is 0.318. The minimum atomic E-state index is -0.337. The van der Waals surface area contributed by atoms with Gasteiger partial charge in [0.25, 0.3) is 5.91 Å². The second kappa shape index (κ2) is 8.03. The summed E-state index contributed by atoms with van der Waals surface area (Å²) in [5.74, 6) is -0.886. The highest BCUT2D eigenvalue weighted by Gasteiger charge is 2.31. The summed E-state index contributed by atoms with van der Waals surface area (Å²) in [7, 11) is 0. The number of pyridine rings is 1. The monoisotopic (exact) mass is 395 g/mol. The van der Waals surface area contributed by atoms with Crippen LogP contribution in [0.25, 0.3) is 16.9 Å². The number of hydrogen-bond donors (Lipinski definition) is 0. The summed E-state index contributed by atoms with van der Waals surface area (Å²) < 4.78 is 20.4. The van der Waals surface area contributed by atoms with Crippen LogP contribution in [0.1, 0.15) is 30.3 Å². The third kappa shape index (κ3) is 3.72. The molecule has 0 aliphatic carbocycles. The predicted molar refractivity (Wildman–Crippen MR) is 106 cm³/mol. The van der Waals surface area contributed by atoms with E-state index < -0.39 is 0 Å². The number of fused-ring (bicyclic) bond motifs is 1. The van der Waals surface area contributed by atoms with E-state index in [9.17, 15) is 14.0 Å². The van der Waals surface area contributed by atoms with Crippen LogP contribution in [-0.4, -0.2) is 45.9 Å². The van der Waals surface area contributed by atoms with Crippen molar-refractivity contribution in [1.82, 2.24) is 14.3 Å². The van der Waals surface area contributed by atoms with Gasteiger partial charge in [-0.1, -0.05) is 6.07 Å². The van der Waals surface area contributed by atoms with Crippen LogP contribution in [0.2, 0.25) is 0 Å². The Morgan fingerprint density at radius 2 is 1.86 bits per heavy atom. The van der Waals surface area contributed by atoms with Gasteiger partial charge in [0, 0.05) is 24.8 Å². The lowest BCUT2D eigenvalue weighted by Gasteiger charge is -2.30. The molecule has 1 amide bonds. The fourth-order valence-electron chi connectivity index (χ4n) is 3.76. The van der Waals surface area contributed by atoms with Gasteiger partial charge >= 0.3 is 5.97 Å². The van der Waals surface area contributed by atoms with E-state index in [2.05, 4.69) is 4.98 Å². The molecular weight excluding hydrogens is 373 g/mol. The van der Waals surface area contributed by atoms with E-state index in [-0.39, 0.29) is 23.6 Å². The van der Waals surface area contributed by atoms with E-state index in [0.29, 0.717) is 49.6 Å². The molecule has 6 nitrogen and oxygen atoms in total. The average molecular weight is 395 g/mol. The van der Waals surface area contributed by atoms with E-state index in [1.54, 1.807) is 24.0 Å². The van der Waals surface area contributed by atoms with E-state index in [1.807, 2.05) is 28.8 Å². The molecule has 0 saturated carbocycles.